The molecule has 0 bridgehead atoms. The average Bonchev–Trinajstić information content (AvgIpc) is 3.20. The molecule has 0 spiro atoms. The summed E-state index contributed by atoms with van der Waals surface area (Å²) in [5, 5.41) is 14.2. The number of urea groups is 1. The van der Waals surface area contributed by atoms with Crippen LogP contribution in [0.4, 0.5) is 4.79 Å². The number of aryl methyl sites for hydroxylation is 1. The van der Waals surface area contributed by atoms with Crippen LogP contribution in [0.25, 0.3) is 11.4 Å². The van der Waals surface area contributed by atoms with Crippen LogP contribution in [0, 0.1) is 12.8 Å². The molecule has 1 fully saturated rings. The standard InChI is InChI=1S/C18H25N5O3S/c1-11-6-4-5-7-14(11)19-17(25)20-15(24)10-27-18-22-21-16(23(18)3)13-8-9-26-12(13)2/h8-9,11,14H,4-7,10H2,1-3H3,(H2,19,20,24,25)/t11-,14-/m1/s1. The van der Waals surface area contributed by atoms with Crippen LogP contribution in [-0.4, -0.2) is 38.5 Å². The Hall–Kier alpha value is -2.29. The minimum atomic E-state index is -0.424. The minimum absolute atomic E-state index is 0.0873. The van der Waals surface area contributed by atoms with Crippen LogP contribution >= 0.6 is 11.8 Å². The van der Waals surface area contributed by atoms with Crippen LogP contribution in [0.15, 0.2) is 21.9 Å². The maximum atomic E-state index is 12.1. The minimum Gasteiger partial charge on any atom is -0.469 e. The summed E-state index contributed by atoms with van der Waals surface area (Å²) in [5.41, 5.74) is 0.863. The van der Waals surface area contributed by atoms with Gasteiger partial charge in [0.1, 0.15) is 5.76 Å². The van der Waals surface area contributed by atoms with Crippen LogP contribution in [0.1, 0.15) is 38.4 Å². The fourth-order valence-corrected chi connectivity index (χ4v) is 4.03. The van der Waals surface area contributed by atoms with Gasteiger partial charge in [-0.05, 0) is 31.7 Å². The summed E-state index contributed by atoms with van der Waals surface area (Å²) in [6, 6.07) is 1.54. The molecule has 2 atom stereocenters. The van der Waals surface area contributed by atoms with Crippen LogP contribution in [-0.2, 0) is 11.8 Å². The Balaban J connectivity index is 1.50. The highest BCUT2D eigenvalue weighted by molar-refractivity contribution is 7.99. The molecule has 3 amide bonds. The van der Waals surface area contributed by atoms with Gasteiger partial charge < -0.3 is 14.3 Å². The summed E-state index contributed by atoms with van der Waals surface area (Å²) in [7, 11) is 1.83. The Bertz CT molecular complexity index is 816. The van der Waals surface area contributed by atoms with Gasteiger partial charge in [0.15, 0.2) is 11.0 Å². The lowest BCUT2D eigenvalue weighted by atomic mass is 9.86. The summed E-state index contributed by atoms with van der Waals surface area (Å²) >= 11 is 1.23. The van der Waals surface area contributed by atoms with Crippen LogP contribution < -0.4 is 10.6 Å². The molecule has 0 aliphatic heterocycles. The highest BCUT2D eigenvalue weighted by Crippen LogP contribution is 2.26. The molecule has 0 saturated heterocycles. The van der Waals surface area contributed by atoms with E-state index in [2.05, 4.69) is 27.8 Å². The average molecular weight is 391 g/mol. The summed E-state index contributed by atoms with van der Waals surface area (Å²) < 4.78 is 7.10. The van der Waals surface area contributed by atoms with E-state index in [1.54, 1.807) is 10.8 Å². The van der Waals surface area contributed by atoms with Gasteiger partial charge >= 0.3 is 6.03 Å². The summed E-state index contributed by atoms with van der Waals surface area (Å²) in [4.78, 5) is 24.1. The molecule has 9 heteroatoms. The molecule has 2 N–H and O–H groups in total. The van der Waals surface area contributed by atoms with Crippen molar-refractivity contribution in [3.63, 3.8) is 0 Å². The van der Waals surface area contributed by atoms with Crippen molar-refractivity contribution in [3.05, 3.63) is 18.1 Å². The largest absolute Gasteiger partial charge is 0.469 e. The predicted octanol–water partition coefficient (Wildman–Crippen LogP) is 2.88. The van der Waals surface area contributed by atoms with Gasteiger partial charge in [-0.1, -0.05) is 31.5 Å². The van der Waals surface area contributed by atoms with E-state index >= 15 is 0 Å². The molecule has 146 valence electrons. The Morgan fingerprint density at radius 3 is 2.81 bits per heavy atom. The second kappa shape index (κ2) is 8.60. The molecular weight excluding hydrogens is 366 g/mol. The first-order chi connectivity index (χ1) is 13.0. The van der Waals surface area contributed by atoms with Gasteiger partial charge in [-0.25, -0.2) is 4.79 Å². The highest BCUT2D eigenvalue weighted by atomic mass is 32.2. The third kappa shape index (κ3) is 4.71. The number of thioether (sulfide) groups is 1. The zero-order valence-electron chi connectivity index (χ0n) is 15.8. The van der Waals surface area contributed by atoms with Crippen molar-refractivity contribution >= 4 is 23.7 Å². The molecule has 1 aliphatic carbocycles. The number of rotatable bonds is 5. The van der Waals surface area contributed by atoms with Crippen molar-refractivity contribution < 1.29 is 14.0 Å². The van der Waals surface area contributed by atoms with Crippen LogP contribution in [0.3, 0.4) is 0 Å². The Labute approximate surface area is 162 Å². The molecule has 0 aromatic carbocycles. The third-order valence-electron chi connectivity index (χ3n) is 4.95. The van der Waals surface area contributed by atoms with Crippen molar-refractivity contribution in [2.45, 2.75) is 50.7 Å². The molecule has 2 aromatic rings. The van der Waals surface area contributed by atoms with Gasteiger partial charge in [-0.2, -0.15) is 0 Å². The smallest absolute Gasteiger partial charge is 0.321 e. The molecule has 2 heterocycles. The highest BCUT2D eigenvalue weighted by Gasteiger charge is 2.23. The first-order valence-corrected chi connectivity index (χ1v) is 10.1. The lowest BCUT2D eigenvalue weighted by Crippen LogP contribution is -2.48. The number of nitrogens with zero attached hydrogens (tertiary/aromatic N) is 3. The summed E-state index contributed by atoms with van der Waals surface area (Å²) in [6.45, 7) is 3.99. The normalized spacial score (nSPS) is 19.7. The van der Waals surface area contributed by atoms with E-state index in [9.17, 15) is 9.59 Å². The number of imide groups is 1. The zero-order valence-corrected chi connectivity index (χ0v) is 16.6. The number of hydrogen-bond acceptors (Lipinski definition) is 6. The number of amides is 3. The maximum absolute atomic E-state index is 12.1. The van der Waals surface area contributed by atoms with Crippen molar-refractivity contribution in [1.29, 1.82) is 0 Å². The lowest BCUT2D eigenvalue weighted by molar-refractivity contribution is -0.117. The van der Waals surface area contributed by atoms with Crippen molar-refractivity contribution in [1.82, 2.24) is 25.4 Å². The molecule has 0 radical (unpaired) electrons. The van der Waals surface area contributed by atoms with E-state index in [0.717, 1.165) is 30.6 Å². The van der Waals surface area contributed by atoms with Gasteiger partial charge in [0.05, 0.1) is 17.6 Å². The maximum Gasteiger partial charge on any atom is 0.321 e. The summed E-state index contributed by atoms with van der Waals surface area (Å²) in [6.07, 6.45) is 6.00. The van der Waals surface area contributed by atoms with E-state index in [1.165, 1.54) is 18.2 Å². The predicted molar refractivity (Wildman–Crippen MR) is 102 cm³/mol. The SMILES string of the molecule is Cc1occc1-c1nnc(SCC(=O)NC(=O)N[C@@H]2CCCC[C@H]2C)n1C. The van der Waals surface area contributed by atoms with Crippen LogP contribution in [0.2, 0.25) is 0 Å². The molecule has 27 heavy (non-hydrogen) atoms. The van der Waals surface area contributed by atoms with Gasteiger partial charge in [0, 0.05) is 13.1 Å². The van der Waals surface area contributed by atoms with Crippen molar-refractivity contribution in [2.24, 2.45) is 13.0 Å². The summed E-state index contributed by atoms with van der Waals surface area (Å²) in [5.74, 6) is 1.60. The monoisotopic (exact) mass is 391 g/mol. The van der Waals surface area contributed by atoms with Gasteiger partial charge in [-0.15, -0.1) is 10.2 Å². The van der Waals surface area contributed by atoms with Gasteiger partial charge in [0.2, 0.25) is 5.91 Å². The number of carbonyl (C=O) groups is 2. The van der Waals surface area contributed by atoms with Crippen LogP contribution in [0.5, 0.6) is 0 Å². The number of carbonyl (C=O) groups excluding carboxylic acids is 2. The van der Waals surface area contributed by atoms with Gasteiger partial charge in [0.25, 0.3) is 0 Å². The third-order valence-corrected chi connectivity index (χ3v) is 5.97. The molecule has 8 nitrogen and oxygen atoms in total. The van der Waals surface area contributed by atoms with Gasteiger partial charge in [-0.3, -0.25) is 10.1 Å². The molecule has 3 rings (SSSR count). The second-order valence-electron chi connectivity index (χ2n) is 6.93. The fraction of sp³-hybridized carbons (Fsp3) is 0.556. The van der Waals surface area contributed by atoms with Crippen molar-refractivity contribution in [2.75, 3.05) is 5.75 Å². The van der Waals surface area contributed by atoms with E-state index in [4.69, 9.17) is 4.42 Å². The number of furan rings is 1. The van der Waals surface area contributed by atoms with E-state index < -0.39 is 6.03 Å². The lowest BCUT2D eigenvalue weighted by Gasteiger charge is -2.29. The Kier molecular flexibility index (Phi) is 6.20. The second-order valence-corrected chi connectivity index (χ2v) is 7.88. The number of nitrogens with one attached hydrogen (secondary N) is 2. The topological polar surface area (TPSA) is 102 Å². The van der Waals surface area contributed by atoms with E-state index in [-0.39, 0.29) is 17.7 Å². The molecule has 2 aromatic heterocycles. The van der Waals surface area contributed by atoms with E-state index in [0.29, 0.717) is 16.9 Å². The van der Waals surface area contributed by atoms with Crippen molar-refractivity contribution in [3.8, 4) is 11.4 Å². The molecule has 1 aliphatic rings. The number of hydrogen-bond donors (Lipinski definition) is 2. The number of aromatic nitrogens is 3. The molecule has 1 saturated carbocycles. The fourth-order valence-electron chi connectivity index (χ4n) is 3.32. The van der Waals surface area contributed by atoms with E-state index in [1.807, 2.05) is 20.0 Å². The first-order valence-electron chi connectivity index (χ1n) is 9.12. The zero-order chi connectivity index (χ0) is 19.4. The Morgan fingerprint density at radius 1 is 1.33 bits per heavy atom. The first kappa shape index (κ1) is 19.5. The quantitative estimate of drug-likeness (QED) is 0.760. The molecular formula is C18H25N5O3S. The Morgan fingerprint density at radius 2 is 2.11 bits per heavy atom. The molecule has 0 unspecified atom stereocenters.